The maximum absolute atomic E-state index is 12.7. The lowest BCUT2D eigenvalue weighted by Gasteiger charge is -2.44. The van der Waals surface area contributed by atoms with Gasteiger partial charge in [-0.2, -0.15) is 8.42 Å². The molecule has 1 N–H and O–H groups in total. The van der Waals surface area contributed by atoms with Crippen molar-refractivity contribution in [2.45, 2.75) is 57.2 Å². The number of aliphatic hydroxyl groups is 1. The highest BCUT2D eigenvalue weighted by molar-refractivity contribution is 7.86. The van der Waals surface area contributed by atoms with Crippen molar-refractivity contribution in [2.75, 3.05) is 26.9 Å². The summed E-state index contributed by atoms with van der Waals surface area (Å²) in [6.07, 6.45) is -1.15. The molecule has 2 aromatic carbocycles. The van der Waals surface area contributed by atoms with E-state index in [-0.39, 0.29) is 36.0 Å². The Morgan fingerprint density at radius 3 is 2.29 bits per heavy atom. The summed E-state index contributed by atoms with van der Waals surface area (Å²) >= 11 is 0. The van der Waals surface area contributed by atoms with E-state index in [1.54, 1.807) is 19.2 Å². The van der Waals surface area contributed by atoms with E-state index < -0.39 is 22.5 Å². The summed E-state index contributed by atoms with van der Waals surface area (Å²) in [6.45, 7) is 6.43. The normalized spacial score (nSPS) is 24.9. The van der Waals surface area contributed by atoms with Crippen LogP contribution in [0.25, 0.3) is 0 Å². The summed E-state index contributed by atoms with van der Waals surface area (Å²) in [6, 6.07) is 14.1. The van der Waals surface area contributed by atoms with Crippen LogP contribution in [-0.4, -0.2) is 59.0 Å². The third-order valence-corrected chi connectivity index (χ3v) is 7.69. The smallest absolute Gasteiger partial charge is 0.297 e. The monoisotopic (exact) mass is 508 g/mol. The Labute approximate surface area is 208 Å². The minimum absolute atomic E-state index is 0.00260. The van der Waals surface area contributed by atoms with Crippen molar-refractivity contribution in [3.63, 3.8) is 0 Å². The van der Waals surface area contributed by atoms with Gasteiger partial charge in [-0.05, 0) is 55.0 Å². The molecule has 0 spiro atoms. The van der Waals surface area contributed by atoms with Crippen molar-refractivity contribution in [1.29, 1.82) is 0 Å². The van der Waals surface area contributed by atoms with E-state index in [1.807, 2.05) is 45.0 Å². The number of methoxy groups -OCH3 is 1. The van der Waals surface area contributed by atoms with E-state index in [0.717, 1.165) is 16.9 Å². The van der Waals surface area contributed by atoms with Crippen molar-refractivity contribution in [2.24, 2.45) is 11.8 Å². The molecule has 0 saturated carbocycles. The van der Waals surface area contributed by atoms with Crippen molar-refractivity contribution in [3.8, 4) is 5.75 Å². The summed E-state index contributed by atoms with van der Waals surface area (Å²) in [4.78, 5) is 0.107. The molecular formula is C26H36O8S. The van der Waals surface area contributed by atoms with Crippen molar-refractivity contribution in [1.82, 2.24) is 0 Å². The molecule has 0 bridgehead atoms. The van der Waals surface area contributed by atoms with Gasteiger partial charge in [-0.15, -0.1) is 0 Å². The molecule has 0 radical (unpaired) electrons. The van der Waals surface area contributed by atoms with Gasteiger partial charge in [-0.3, -0.25) is 4.18 Å². The average Bonchev–Trinajstić information content (AvgIpc) is 2.85. The lowest BCUT2D eigenvalue weighted by atomic mass is 9.83. The average molecular weight is 509 g/mol. The Hall–Kier alpha value is -2.01. The van der Waals surface area contributed by atoms with E-state index in [2.05, 4.69) is 0 Å². The molecule has 8 nitrogen and oxygen atoms in total. The molecule has 1 heterocycles. The molecule has 5 atom stereocenters. The van der Waals surface area contributed by atoms with Crippen LogP contribution in [-0.2, 0) is 35.1 Å². The van der Waals surface area contributed by atoms with Gasteiger partial charge in [0.1, 0.15) is 11.9 Å². The molecule has 35 heavy (non-hydrogen) atoms. The Morgan fingerprint density at radius 1 is 0.971 bits per heavy atom. The second-order valence-electron chi connectivity index (χ2n) is 8.88. The van der Waals surface area contributed by atoms with Crippen LogP contribution in [0.3, 0.4) is 0 Å². The maximum Gasteiger partial charge on any atom is 0.297 e. The lowest BCUT2D eigenvalue weighted by Crippen LogP contribution is -2.53. The second-order valence-corrected chi connectivity index (χ2v) is 10.5. The molecule has 1 aliphatic heterocycles. The first-order chi connectivity index (χ1) is 16.7. The lowest BCUT2D eigenvalue weighted by molar-refractivity contribution is -0.286. The molecule has 9 heteroatoms. The van der Waals surface area contributed by atoms with E-state index in [1.165, 1.54) is 12.1 Å². The van der Waals surface area contributed by atoms with Crippen LogP contribution < -0.4 is 4.74 Å². The predicted molar refractivity (Wildman–Crippen MR) is 131 cm³/mol. The minimum atomic E-state index is -3.92. The zero-order valence-corrected chi connectivity index (χ0v) is 21.6. The first kappa shape index (κ1) is 27.6. The summed E-state index contributed by atoms with van der Waals surface area (Å²) < 4.78 is 54.2. The van der Waals surface area contributed by atoms with E-state index in [9.17, 15) is 8.42 Å². The molecular weight excluding hydrogens is 472 g/mol. The van der Waals surface area contributed by atoms with Gasteiger partial charge >= 0.3 is 0 Å². The first-order valence-corrected chi connectivity index (χ1v) is 13.2. The highest BCUT2D eigenvalue weighted by atomic mass is 32.2. The number of benzene rings is 2. The van der Waals surface area contributed by atoms with Gasteiger partial charge in [0, 0.05) is 6.61 Å². The van der Waals surface area contributed by atoms with Crippen LogP contribution in [0.5, 0.6) is 5.75 Å². The molecule has 0 aromatic heterocycles. The van der Waals surface area contributed by atoms with Crippen molar-refractivity contribution >= 4 is 10.1 Å². The standard InChI is InChI=1S/C26H36O8S/c1-18-6-12-23(13-7-18)35(28,29)33-17-24-19(2)20(3)25(26(34-24)31-15-5-14-27)32-16-21-8-10-22(30-4)11-9-21/h6-13,19-20,24-27H,5,14-17H2,1-4H3/t19-,20-,24+,25+,26+/m0/s1. The number of aliphatic hydroxyl groups excluding tert-OH is 1. The number of aryl methyl sites for hydroxylation is 1. The van der Waals surface area contributed by atoms with E-state index in [0.29, 0.717) is 19.6 Å². The van der Waals surface area contributed by atoms with E-state index >= 15 is 0 Å². The topological polar surface area (TPSA) is 101 Å². The molecule has 1 saturated heterocycles. The van der Waals surface area contributed by atoms with Gasteiger partial charge in [0.15, 0.2) is 6.29 Å². The highest BCUT2D eigenvalue weighted by Crippen LogP contribution is 2.34. The van der Waals surface area contributed by atoms with Gasteiger partial charge in [0.25, 0.3) is 10.1 Å². The fourth-order valence-corrected chi connectivity index (χ4v) is 4.84. The number of hydrogen-bond donors (Lipinski definition) is 1. The zero-order valence-electron chi connectivity index (χ0n) is 20.8. The third kappa shape index (κ3) is 7.49. The SMILES string of the molecule is COc1ccc(CO[C@H]2[C@H](OCCCO)O[C@H](COS(=O)(=O)c3ccc(C)cc3)[C@@H](C)[C@@H]2C)cc1. The summed E-state index contributed by atoms with van der Waals surface area (Å²) in [7, 11) is -2.30. The quantitative estimate of drug-likeness (QED) is 0.342. The fraction of sp³-hybridized carbons (Fsp3) is 0.538. The molecule has 3 rings (SSSR count). The van der Waals surface area contributed by atoms with Crippen LogP contribution in [0.2, 0.25) is 0 Å². The van der Waals surface area contributed by atoms with Crippen molar-refractivity contribution in [3.05, 3.63) is 59.7 Å². The second kappa shape index (κ2) is 12.8. The van der Waals surface area contributed by atoms with Crippen LogP contribution >= 0.6 is 0 Å². The molecule has 2 aromatic rings. The molecule has 0 aliphatic carbocycles. The Kier molecular flexibility index (Phi) is 10.1. The summed E-state index contributed by atoms with van der Waals surface area (Å²) in [5, 5.41) is 9.15. The van der Waals surface area contributed by atoms with Gasteiger partial charge < -0.3 is 24.1 Å². The molecule has 0 unspecified atom stereocenters. The number of rotatable bonds is 12. The third-order valence-electron chi connectivity index (χ3n) is 6.39. The Morgan fingerprint density at radius 2 is 1.66 bits per heavy atom. The molecule has 1 fully saturated rings. The van der Waals surface area contributed by atoms with Crippen LogP contribution in [0, 0.1) is 18.8 Å². The van der Waals surface area contributed by atoms with Crippen LogP contribution in [0.4, 0.5) is 0 Å². The predicted octanol–water partition coefficient (Wildman–Crippen LogP) is 3.69. The largest absolute Gasteiger partial charge is 0.497 e. The molecule has 1 aliphatic rings. The van der Waals surface area contributed by atoms with Crippen LogP contribution in [0.15, 0.2) is 53.4 Å². The maximum atomic E-state index is 12.7. The number of ether oxygens (including phenoxy) is 4. The fourth-order valence-electron chi connectivity index (χ4n) is 3.92. The van der Waals surface area contributed by atoms with Gasteiger partial charge in [0.05, 0.1) is 37.9 Å². The Balaban J connectivity index is 1.67. The van der Waals surface area contributed by atoms with Gasteiger partial charge in [-0.1, -0.05) is 43.7 Å². The minimum Gasteiger partial charge on any atom is -0.497 e. The Bertz CT molecular complexity index is 1010. The molecule has 194 valence electrons. The van der Waals surface area contributed by atoms with Gasteiger partial charge in [0.2, 0.25) is 0 Å². The van der Waals surface area contributed by atoms with Crippen LogP contribution in [0.1, 0.15) is 31.4 Å². The van der Waals surface area contributed by atoms with Gasteiger partial charge in [-0.25, -0.2) is 0 Å². The summed E-state index contributed by atoms with van der Waals surface area (Å²) in [5.41, 5.74) is 1.94. The van der Waals surface area contributed by atoms with Crippen molar-refractivity contribution < 1.29 is 36.7 Å². The zero-order chi connectivity index (χ0) is 25.4. The molecule has 0 amide bonds. The number of hydrogen-bond acceptors (Lipinski definition) is 8. The van der Waals surface area contributed by atoms with E-state index in [4.69, 9.17) is 28.2 Å². The first-order valence-electron chi connectivity index (χ1n) is 11.8. The summed E-state index contributed by atoms with van der Waals surface area (Å²) in [5.74, 6) is 0.712. The highest BCUT2D eigenvalue weighted by Gasteiger charge is 2.43.